The van der Waals surface area contributed by atoms with Gasteiger partial charge in [0.25, 0.3) is 0 Å². The van der Waals surface area contributed by atoms with Crippen molar-refractivity contribution in [2.45, 2.75) is 69.7 Å². The van der Waals surface area contributed by atoms with Crippen molar-refractivity contribution in [3.63, 3.8) is 0 Å². The summed E-state index contributed by atoms with van der Waals surface area (Å²) in [5.74, 6) is -20.3. The standard InChI is InChI=1S/C16H23F9O2S/c1-9(2)8-27-12(26)11(10(3)4)28-7-5-6-13(17,18)14(19,20)15(21,22)16(23,24)25/h9-11H,5-8H2,1-4H3. The number of carbonyl (C=O) groups excluding carboxylic acids is 1. The SMILES string of the molecule is CC(C)COC(=O)C(SCCCC(F)(F)C(F)(F)C(F)(F)C(F)(F)F)C(C)C. The first-order valence-electron chi connectivity index (χ1n) is 8.37. The van der Waals surface area contributed by atoms with Crippen molar-refractivity contribution in [3.8, 4) is 0 Å². The van der Waals surface area contributed by atoms with Gasteiger partial charge in [-0.1, -0.05) is 27.7 Å². The molecular formula is C16H23F9O2S. The molecule has 0 aliphatic carbocycles. The first-order chi connectivity index (χ1) is 12.4. The van der Waals surface area contributed by atoms with E-state index in [4.69, 9.17) is 4.74 Å². The highest BCUT2D eigenvalue weighted by Gasteiger charge is 2.81. The van der Waals surface area contributed by atoms with Gasteiger partial charge >= 0.3 is 29.9 Å². The van der Waals surface area contributed by atoms with E-state index < -0.39 is 48.0 Å². The molecular weight excluding hydrogens is 427 g/mol. The van der Waals surface area contributed by atoms with Gasteiger partial charge in [-0.25, -0.2) is 0 Å². The molecule has 0 heterocycles. The number of ether oxygens (including phenoxy) is 1. The highest BCUT2D eigenvalue weighted by molar-refractivity contribution is 8.00. The number of esters is 1. The Kier molecular flexibility index (Phi) is 9.51. The minimum Gasteiger partial charge on any atom is -0.465 e. The summed E-state index contributed by atoms with van der Waals surface area (Å²) in [4.78, 5) is 11.9. The van der Waals surface area contributed by atoms with E-state index in [0.29, 0.717) is 0 Å². The van der Waals surface area contributed by atoms with Gasteiger partial charge in [-0.2, -0.15) is 39.5 Å². The zero-order chi connectivity index (χ0) is 22.6. The van der Waals surface area contributed by atoms with Gasteiger partial charge in [0.1, 0.15) is 5.25 Å². The van der Waals surface area contributed by atoms with Crippen LogP contribution in [0.1, 0.15) is 40.5 Å². The number of hydrogen-bond donors (Lipinski definition) is 0. The molecule has 1 unspecified atom stereocenters. The molecule has 0 aliphatic rings. The normalized spacial score (nSPS) is 15.2. The summed E-state index contributed by atoms with van der Waals surface area (Å²) in [6.45, 7) is 6.93. The molecule has 0 aromatic carbocycles. The summed E-state index contributed by atoms with van der Waals surface area (Å²) in [7, 11) is 0. The van der Waals surface area contributed by atoms with E-state index >= 15 is 0 Å². The molecule has 0 fully saturated rings. The van der Waals surface area contributed by atoms with Gasteiger partial charge in [-0.05, 0) is 24.0 Å². The Morgan fingerprint density at radius 2 is 1.39 bits per heavy atom. The van der Waals surface area contributed by atoms with E-state index in [2.05, 4.69) is 0 Å². The van der Waals surface area contributed by atoms with Crippen LogP contribution in [0.4, 0.5) is 39.5 Å². The van der Waals surface area contributed by atoms with E-state index in [0.717, 1.165) is 11.8 Å². The van der Waals surface area contributed by atoms with Gasteiger partial charge in [0.05, 0.1) is 6.61 Å². The Morgan fingerprint density at radius 1 is 0.893 bits per heavy atom. The lowest BCUT2D eigenvalue weighted by molar-refractivity contribution is -0.396. The summed E-state index contributed by atoms with van der Waals surface area (Å²) in [6, 6.07) is 0. The predicted octanol–water partition coefficient (Wildman–Crippen LogP) is 6.19. The van der Waals surface area contributed by atoms with E-state index in [-0.39, 0.29) is 24.2 Å². The fraction of sp³-hybridized carbons (Fsp3) is 0.938. The van der Waals surface area contributed by atoms with Crippen molar-refractivity contribution < 1.29 is 49.0 Å². The van der Waals surface area contributed by atoms with Crippen LogP contribution in [0, 0.1) is 11.8 Å². The zero-order valence-electron chi connectivity index (χ0n) is 15.7. The average molecular weight is 450 g/mol. The quantitative estimate of drug-likeness (QED) is 0.213. The van der Waals surface area contributed by atoms with Crippen molar-refractivity contribution in [3.05, 3.63) is 0 Å². The van der Waals surface area contributed by atoms with Gasteiger partial charge in [0.15, 0.2) is 0 Å². The summed E-state index contributed by atoms with van der Waals surface area (Å²) >= 11 is 0.791. The number of hydrogen-bond acceptors (Lipinski definition) is 3. The van der Waals surface area contributed by atoms with Gasteiger partial charge < -0.3 is 4.74 Å². The van der Waals surface area contributed by atoms with Gasteiger partial charge in [-0.15, -0.1) is 11.8 Å². The van der Waals surface area contributed by atoms with Crippen LogP contribution in [-0.4, -0.2) is 47.5 Å². The maximum atomic E-state index is 13.4. The van der Waals surface area contributed by atoms with Crippen molar-refractivity contribution in [1.82, 2.24) is 0 Å². The van der Waals surface area contributed by atoms with Crippen LogP contribution < -0.4 is 0 Å². The minimum absolute atomic E-state index is 0.0398. The molecule has 2 nitrogen and oxygen atoms in total. The highest BCUT2D eigenvalue weighted by Crippen LogP contribution is 2.54. The molecule has 28 heavy (non-hydrogen) atoms. The molecule has 0 spiro atoms. The first-order valence-corrected chi connectivity index (χ1v) is 9.41. The molecule has 12 heteroatoms. The van der Waals surface area contributed by atoms with Crippen LogP contribution >= 0.6 is 11.8 Å². The Bertz CT molecular complexity index is 505. The molecule has 0 aromatic heterocycles. The molecule has 1 atom stereocenters. The van der Waals surface area contributed by atoms with Crippen molar-refractivity contribution in [2.75, 3.05) is 12.4 Å². The van der Waals surface area contributed by atoms with E-state index in [1.54, 1.807) is 27.7 Å². The second-order valence-electron chi connectivity index (χ2n) is 7.01. The van der Waals surface area contributed by atoms with Gasteiger partial charge in [0.2, 0.25) is 0 Å². The topological polar surface area (TPSA) is 26.3 Å². The molecule has 0 saturated heterocycles. The lowest BCUT2D eigenvalue weighted by Gasteiger charge is -2.33. The number of rotatable bonds is 11. The van der Waals surface area contributed by atoms with Gasteiger partial charge in [0, 0.05) is 6.42 Å². The molecule has 0 aliphatic heterocycles. The second kappa shape index (κ2) is 9.80. The fourth-order valence-electron chi connectivity index (χ4n) is 1.93. The smallest absolute Gasteiger partial charge is 0.460 e. The Hall–Kier alpha value is -0.810. The number of carbonyl (C=O) groups is 1. The highest BCUT2D eigenvalue weighted by atomic mass is 32.2. The predicted molar refractivity (Wildman–Crippen MR) is 87.0 cm³/mol. The summed E-state index contributed by atoms with van der Waals surface area (Å²) in [6.07, 6.45) is -9.52. The van der Waals surface area contributed by atoms with Crippen LogP contribution in [0.15, 0.2) is 0 Å². The lowest BCUT2D eigenvalue weighted by atomic mass is 10.00. The second-order valence-corrected chi connectivity index (χ2v) is 8.26. The van der Waals surface area contributed by atoms with E-state index in [1.165, 1.54) is 0 Å². The van der Waals surface area contributed by atoms with Crippen LogP contribution in [0.25, 0.3) is 0 Å². The minimum atomic E-state index is -6.88. The lowest BCUT2D eigenvalue weighted by Crippen LogP contribution is -2.60. The third kappa shape index (κ3) is 6.62. The molecule has 0 N–H and O–H groups in total. The van der Waals surface area contributed by atoms with E-state index in [1.807, 2.05) is 0 Å². The van der Waals surface area contributed by atoms with Crippen molar-refractivity contribution in [2.24, 2.45) is 11.8 Å². The Morgan fingerprint density at radius 3 is 1.79 bits per heavy atom. The summed E-state index contributed by atoms with van der Waals surface area (Å²) in [5.41, 5.74) is 0. The van der Waals surface area contributed by atoms with Gasteiger partial charge in [-0.3, -0.25) is 4.79 Å². The molecule has 168 valence electrons. The zero-order valence-corrected chi connectivity index (χ0v) is 16.5. The number of halogens is 9. The fourth-order valence-corrected chi connectivity index (χ4v) is 3.09. The molecule has 0 amide bonds. The maximum absolute atomic E-state index is 13.4. The molecule has 0 radical (unpaired) electrons. The van der Waals surface area contributed by atoms with Crippen molar-refractivity contribution in [1.29, 1.82) is 0 Å². The van der Waals surface area contributed by atoms with Crippen LogP contribution in [0.5, 0.6) is 0 Å². The number of thioether (sulfide) groups is 1. The van der Waals surface area contributed by atoms with Crippen molar-refractivity contribution >= 4 is 17.7 Å². The Balaban J connectivity index is 4.89. The molecule has 0 rings (SSSR count). The average Bonchev–Trinajstić information content (AvgIpc) is 2.50. The summed E-state index contributed by atoms with van der Waals surface area (Å²) < 4.78 is 120. The molecule has 0 bridgehead atoms. The largest absolute Gasteiger partial charge is 0.465 e. The summed E-state index contributed by atoms with van der Waals surface area (Å²) in [5, 5.41) is -0.815. The monoisotopic (exact) mass is 450 g/mol. The molecule has 0 saturated carbocycles. The molecule has 0 aromatic rings. The van der Waals surface area contributed by atoms with Crippen LogP contribution in [0.2, 0.25) is 0 Å². The maximum Gasteiger partial charge on any atom is 0.460 e. The third-order valence-corrected chi connectivity index (χ3v) is 5.16. The first kappa shape index (κ1) is 27.2. The van der Waals surface area contributed by atoms with E-state index in [9.17, 15) is 44.3 Å². The Labute approximate surface area is 161 Å². The van der Waals surface area contributed by atoms with Crippen LogP contribution in [-0.2, 0) is 9.53 Å². The number of alkyl halides is 9. The third-order valence-electron chi connectivity index (χ3n) is 3.54. The van der Waals surface area contributed by atoms with Crippen LogP contribution in [0.3, 0.4) is 0 Å².